The fraction of sp³-hybridized carbons (Fsp3) is 0.889. The van der Waals surface area contributed by atoms with Gasteiger partial charge < -0.3 is 10.1 Å². The summed E-state index contributed by atoms with van der Waals surface area (Å²) >= 11 is 0. The first-order valence-corrected chi connectivity index (χ1v) is 4.47. The van der Waals surface area contributed by atoms with Crippen LogP contribution in [0.3, 0.4) is 0 Å². The number of ketones is 1. The molecule has 3 fully saturated rings. The van der Waals surface area contributed by atoms with Crippen LogP contribution in [-0.2, 0) is 4.79 Å². The molecule has 1 saturated carbocycles. The van der Waals surface area contributed by atoms with E-state index in [0.717, 1.165) is 37.3 Å². The molecule has 1 aliphatic carbocycles. The van der Waals surface area contributed by atoms with E-state index in [4.69, 9.17) is 0 Å². The van der Waals surface area contributed by atoms with E-state index in [2.05, 4.69) is 5.32 Å². The molecular formula is C9H15NO. The summed E-state index contributed by atoms with van der Waals surface area (Å²) in [6.07, 6.45) is 2.20. The number of fused-ring (bicyclic) bond motifs is 2. The SMILES string of the molecule is CC(=O)CC1C2CNCC1C2. The Morgan fingerprint density at radius 2 is 2.09 bits per heavy atom. The molecule has 0 amide bonds. The van der Waals surface area contributed by atoms with E-state index >= 15 is 0 Å². The van der Waals surface area contributed by atoms with E-state index in [9.17, 15) is 4.79 Å². The molecular weight excluding hydrogens is 138 g/mol. The van der Waals surface area contributed by atoms with Gasteiger partial charge in [-0.05, 0) is 44.2 Å². The highest BCUT2D eigenvalue weighted by Gasteiger charge is 2.43. The molecule has 62 valence electrons. The van der Waals surface area contributed by atoms with Gasteiger partial charge in [0.1, 0.15) is 5.78 Å². The molecule has 1 N–H and O–H groups in total. The van der Waals surface area contributed by atoms with Gasteiger partial charge in [0.05, 0.1) is 0 Å². The summed E-state index contributed by atoms with van der Waals surface area (Å²) in [4.78, 5) is 10.9. The van der Waals surface area contributed by atoms with Crippen molar-refractivity contribution in [1.29, 1.82) is 0 Å². The van der Waals surface area contributed by atoms with Crippen LogP contribution in [0.2, 0.25) is 0 Å². The Morgan fingerprint density at radius 1 is 1.45 bits per heavy atom. The smallest absolute Gasteiger partial charge is 0.130 e. The highest BCUT2D eigenvalue weighted by molar-refractivity contribution is 5.75. The molecule has 2 atom stereocenters. The first-order chi connectivity index (χ1) is 5.27. The maximum absolute atomic E-state index is 10.9. The topological polar surface area (TPSA) is 29.1 Å². The lowest BCUT2D eigenvalue weighted by molar-refractivity contribution is -0.121. The van der Waals surface area contributed by atoms with Crippen molar-refractivity contribution >= 4 is 5.78 Å². The van der Waals surface area contributed by atoms with Gasteiger partial charge in [-0.25, -0.2) is 0 Å². The zero-order chi connectivity index (χ0) is 7.84. The Hall–Kier alpha value is -0.370. The van der Waals surface area contributed by atoms with Gasteiger partial charge in [0, 0.05) is 6.42 Å². The molecule has 2 nitrogen and oxygen atoms in total. The highest BCUT2D eigenvalue weighted by Crippen LogP contribution is 2.44. The monoisotopic (exact) mass is 153 g/mol. The average Bonchev–Trinajstić information content (AvgIpc) is 2.01. The minimum Gasteiger partial charge on any atom is -0.316 e. The molecule has 0 radical (unpaired) electrons. The summed E-state index contributed by atoms with van der Waals surface area (Å²) < 4.78 is 0. The van der Waals surface area contributed by atoms with Crippen molar-refractivity contribution in [1.82, 2.24) is 5.32 Å². The summed E-state index contributed by atoms with van der Waals surface area (Å²) in [5, 5.41) is 3.38. The molecule has 2 heterocycles. The van der Waals surface area contributed by atoms with E-state index < -0.39 is 0 Å². The summed E-state index contributed by atoms with van der Waals surface area (Å²) in [7, 11) is 0. The van der Waals surface area contributed by atoms with Crippen LogP contribution in [0.25, 0.3) is 0 Å². The summed E-state index contributed by atoms with van der Waals surface area (Å²) in [6, 6.07) is 0. The van der Waals surface area contributed by atoms with E-state index in [-0.39, 0.29) is 0 Å². The lowest BCUT2D eigenvalue weighted by atomic mass is 9.60. The Labute approximate surface area is 67.4 Å². The molecule has 2 unspecified atom stereocenters. The number of carbonyl (C=O) groups excluding carboxylic acids is 1. The van der Waals surface area contributed by atoms with E-state index in [1.54, 1.807) is 6.92 Å². The number of Topliss-reactive ketones (excluding diaryl/α,β-unsaturated/α-hetero) is 1. The molecule has 0 aromatic rings. The van der Waals surface area contributed by atoms with Crippen molar-refractivity contribution in [2.45, 2.75) is 19.8 Å². The maximum Gasteiger partial charge on any atom is 0.130 e. The fourth-order valence-electron chi connectivity index (χ4n) is 2.52. The first-order valence-electron chi connectivity index (χ1n) is 4.47. The predicted octanol–water partition coefficient (Wildman–Crippen LogP) is 0.821. The van der Waals surface area contributed by atoms with Crippen molar-refractivity contribution in [3.63, 3.8) is 0 Å². The second-order valence-corrected chi connectivity index (χ2v) is 3.98. The van der Waals surface area contributed by atoms with Crippen molar-refractivity contribution in [2.75, 3.05) is 13.1 Å². The standard InChI is InChI=1S/C9H15NO/c1-6(11)2-9-7-3-8(9)5-10-4-7/h7-10H,2-5H2,1H3. The minimum absolute atomic E-state index is 0.367. The van der Waals surface area contributed by atoms with Crippen LogP contribution in [0.15, 0.2) is 0 Å². The Kier molecular flexibility index (Phi) is 1.72. The van der Waals surface area contributed by atoms with Gasteiger partial charge >= 0.3 is 0 Å². The van der Waals surface area contributed by atoms with Gasteiger partial charge in [-0.15, -0.1) is 0 Å². The third-order valence-electron chi connectivity index (χ3n) is 3.15. The van der Waals surface area contributed by atoms with Crippen molar-refractivity contribution in [3.05, 3.63) is 0 Å². The van der Waals surface area contributed by atoms with Crippen LogP contribution in [-0.4, -0.2) is 18.9 Å². The van der Waals surface area contributed by atoms with E-state index in [0.29, 0.717) is 5.78 Å². The molecule has 0 aromatic heterocycles. The maximum atomic E-state index is 10.9. The molecule has 2 saturated heterocycles. The average molecular weight is 153 g/mol. The van der Waals surface area contributed by atoms with Crippen molar-refractivity contribution in [3.8, 4) is 0 Å². The number of rotatable bonds is 2. The fourth-order valence-corrected chi connectivity index (χ4v) is 2.52. The zero-order valence-corrected chi connectivity index (χ0v) is 6.97. The van der Waals surface area contributed by atoms with Gasteiger partial charge in [0.2, 0.25) is 0 Å². The molecule has 0 spiro atoms. The number of piperidine rings is 2. The van der Waals surface area contributed by atoms with E-state index in [1.165, 1.54) is 6.42 Å². The van der Waals surface area contributed by atoms with Gasteiger partial charge in [-0.1, -0.05) is 0 Å². The minimum atomic E-state index is 0.367. The molecule has 11 heavy (non-hydrogen) atoms. The van der Waals surface area contributed by atoms with Crippen LogP contribution < -0.4 is 5.32 Å². The quantitative estimate of drug-likeness (QED) is 0.636. The second kappa shape index (κ2) is 2.59. The predicted molar refractivity (Wildman–Crippen MR) is 43.3 cm³/mol. The Bertz CT molecular complexity index is 164. The Balaban J connectivity index is 1.91. The normalized spacial score (nSPS) is 41.4. The van der Waals surface area contributed by atoms with Crippen LogP contribution >= 0.6 is 0 Å². The number of nitrogens with one attached hydrogen (secondary N) is 1. The second-order valence-electron chi connectivity index (χ2n) is 3.98. The van der Waals surface area contributed by atoms with Gasteiger partial charge in [0.15, 0.2) is 0 Å². The number of hydrogen-bond donors (Lipinski definition) is 1. The van der Waals surface area contributed by atoms with Gasteiger partial charge in [-0.2, -0.15) is 0 Å². The summed E-state index contributed by atoms with van der Waals surface area (Å²) in [5.41, 5.74) is 0. The molecule has 3 aliphatic rings. The van der Waals surface area contributed by atoms with Crippen molar-refractivity contribution < 1.29 is 4.79 Å². The van der Waals surface area contributed by atoms with Gasteiger partial charge in [-0.3, -0.25) is 0 Å². The summed E-state index contributed by atoms with van der Waals surface area (Å²) in [5.74, 6) is 2.73. The molecule has 2 heteroatoms. The number of carbonyl (C=O) groups is 1. The third-order valence-corrected chi connectivity index (χ3v) is 3.15. The van der Waals surface area contributed by atoms with Crippen LogP contribution in [0.4, 0.5) is 0 Å². The van der Waals surface area contributed by atoms with Gasteiger partial charge in [0.25, 0.3) is 0 Å². The first kappa shape index (κ1) is 7.29. The zero-order valence-electron chi connectivity index (χ0n) is 6.97. The van der Waals surface area contributed by atoms with Crippen LogP contribution in [0.5, 0.6) is 0 Å². The molecule has 2 bridgehead atoms. The molecule has 0 aromatic carbocycles. The molecule has 2 aliphatic heterocycles. The summed E-state index contributed by atoms with van der Waals surface area (Å²) in [6.45, 7) is 4.00. The third kappa shape index (κ3) is 1.20. The van der Waals surface area contributed by atoms with Crippen LogP contribution in [0.1, 0.15) is 19.8 Å². The Morgan fingerprint density at radius 3 is 2.55 bits per heavy atom. The number of hydrogen-bond acceptors (Lipinski definition) is 2. The lowest BCUT2D eigenvalue weighted by Crippen LogP contribution is -2.53. The lowest BCUT2D eigenvalue weighted by Gasteiger charge is -2.49. The van der Waals surface area contributed by atoms with Crippen molar-refractivity contribution in [2.24, 2.45) is 17.8 Å². The largest absolute Gasteiger partial charge is 0.316 e. The van der Waals surface area contributed by atoms with Crippen LogP contribution in [0, 0.1) is 17.8 Å². The van der Waals surface area contributed by atoms with E-state index in [1.807, 2.05) is 0 Å². The highest BCUT2D eigenvalue weighted by atomic mass is 16.1. The molecule has 3 rings (SSSR count).